The van der Waals surface area contributed by atoms with Crippen LogP contribution in [-0.2, 0) is 19.6 Å². The van der Waals surface area contributed by atoms with Crippen LogP contribution in [0.4, 0.5) is 17.1 Å². The molecule has 0 unspecified atom stereocenters. The molecule has 6 rings (SSSR count). The van der Waals surface area contributed by atoms with Crippen LogP contribution in [0.25, 0.3) is 0 Å². The van der Waals surface area contributed by atoms with E-state index in [2.05, 4.69) is 210 Å². The predicted octanol–water partition coefficient (Wildman–Crippen LogP) is 11.1. The minimum Gasteiger partial charge on any atom is -0.366 e. The molecule has 0 radical (unpaired) electrons. The zero-order chi connectivity index (χ0) is 36.8. The normalized spacial score (nSPS) is 10.7. The number of aromatic nitrogens is 6. The molecule has 0 aliphatic rings. The maximum atomic E-state index is 4.06. The number of rotatable bonds is 12. The van der Waals surface area contributed by atoms with Gasteiger partial charge in [-0.05, 0) is 133 Å². The molecule has 3 aromatic carbocycles. The van der Waals surface area contributed by atoms with Crippen molar-refractivity contribution in [3.8, 4) is 0 Å². The molecular weight excluding hydrogens is 902 g/mol. The van der Waals surface area contributed by atoms with E-state index in [0.29, 0.717) is 12.1 Å². The summed E-state index contributed by atoms with van der Waals surface area (Å²) in [6, 6.07) is 23.9. The SMILES string of the molecule is CC(C)N(Cc1cnc[nH]1)c1ccc(Br)c(Br)c1.CC(C)N(Cc1cnc[nH]1)c1ccc(Br)cc1.CCN(Cc1cnc[nH]1)c1ccc(Br)cc1. The van der Waals surface area contributed by atoms with Crippen LogP contribution in [0.5, 0.6) is 0 Å². The second-order valence-electron chi connectivity index (χ2n) is 12.2. The Balaban J connectivity index is 0.000000172. The number of anilines is 3. The third-order valence-electron chi connectivity index (χ3n) is 7.92. The van der Waals surface area contributed by atoms with Crippen LogP contribution >= 0.6 is 63.7 Å². The smallest absolute Gasteiger partial charge is 0.0922 e. The number of hydrogen-bond donors (Lipinski definition) is 3. The van der Waals surface area contributed by atoms with E-state index in [1.54, 1.807) is 19.0 Å². The lowest BCUT2D eigenvalue weighted by atomic mass is 10.2. The largest absolute Gasteiger partial charge is 0.366 e. The molecule has 0 amide bonds. The summed E-state index contributed by atoms with van der Waals surface area (Å²) >= 11 is 13.9. The molecule has 0 aliphatic carbocycles. The lowest BCUT2D eigenvalue weighted by molar-refractivity contribution is 0.675. The van der Waals surface area contributed by atoms with E-state index >= 15 is 0 Å². The second-order valence-corrected chi connectivity index (χ2v) is 15.8. The number of aromatic amines is 3. The van der Waals surface area contributed by atoms with E-state index in [4.69, 9.17) is 0 Å². The van der Waals surface area contributed by atoms with Gasteiger partial charge in [-0.25, -0.2) is 15.0 Å². The van der Waals surface area contributed by atoms with E-state index in [0.717, 1.165) is 61.2 Å². The Hall–Kier alpha value is -3.39. The molecule has 9 nitrogen and oxygen atoms in total. The van der Waals surface area contributed by atoms with Crippen molar-refractivity contribution in [2.45, 2.75) is 66.3 Å². The quantitative estimate of drug-likeness (QED) is 0.113. The zero-order valence-corrected chi connectivity index (χ0v) is 35.8. The summed E-state index contributed by atoms with van der Waals surface area (Å²) in [5, 5.41) is 0. The van der Waals surface area contributed by atoms with E-state index in [1.165, 1.54) is 17.1 Å². The van der Waals surface area contributed by atoms with Crippen LogP contribution in [0.2, 0.25) is 0 Å². The van der Waals surface area contributed by atoms with Crippen molar-refractivity contribution in [3.63, 3.8) is 0 Å². The fourth-order valence-corrected chi connectivity index (χ4v) is 6.31. The number of halogens is 4. The van der Waals surface area contributed by atoms with Gasteiger partial charge in [0.2, 0.25) is 0 Å². The molecule has 3 N–H and O–H groups in total. The average molecular weight is 947 g/mol. The van der Waals surface area contributed by atoms with E-state index in [-0.39, 0.29) is 0 Å². The molecule has 13 heteroatoms. The van der Waals surface area contributed by atoms with Crippen LogP contribution in [-0.4, -0.2) is 48.5 Å². The number of H-pyrrole nitrogens is 3. The van der Waals surface area contributed by atoms with Crippen LogP contribution in [0, 0.1) is 0 Å². The molecule has 270 valence electrons. The maximum Gasteiger partial charge on any atom is 0.0922 e. The van der Waals surface area contributed by atoms with Gasteiger partial charge in [0.05, 0.1) is 55.7 Å². The Morgan fingerprint density at radius 2 is 0.941 bits per heavy atom. The molecule has 0 spiro atoms. The van der Waals surface area contributed by atoms with Crippen LogP contribution in [0.1, 0.15) is 51.7 Å². The van der Waals surface area contributed by atoms with Crippen molar-refractivity contribution in [2.24, 2.45) is 0 Å². The first-order valence-electron chi connectivity index (χ1n) is 16.7. The van der Waals surface area contributed by atoms with Crippen LogP contribution < -0.4 is 14.7 Å². The van der Waals surface area contributed by atoms with Gasteiger partial charge in [0, 0.05) is 72.2 Å². The summed E-state index contributed by atoms with van der Waals surface area (Å²) in [7, 11) is 0. The van der Waals surface area contributed by atoms with E-state index < -0.39 is 0 Å². The molecule has 6 aromatic rings. The molecule has 0 aliphatic heterocycles. The number of nitrogens with zero attached hydrogens (tertiary/aromatic N) is 6. The number of imidazole rings is 3. The monoisotopic (exact) mass is 943 g/mol. The predicted molar refractivity (Wildman–Crippen MR) is 225 cm³/mol. The first-order chi connectivity index (χ1) is 24.5. The van der Waals surface area contributed by atoms with Gasteiger partial charge in [0.15, 0.2) is 0 Å². The van der Waals surface area contributed by atoms with Crippen molar-refractivity contribution >= 4 is 80.8 Å². The van der Waals surface area contributed by atoms with Crippen molar-refractivity contribution < 1.29 is 0 Å². The van der Waals surface area contributed by atoms with Gasteiger partial charge in [-0.1, -0.05) is 31.9 Å². The Labute approximate surface area is 335 Å². The van der Waals surface area contributed by atoms with Crippen molar-refractivity contribution in [3.05, 3.63) is 139 Å². The van der Waals surface area contributed by atoms with Gasteiger partial charge in [0.1, 0.15) is 0 Å². The van der Waals surface area contributed by atoms with Crippen molar-refractivity contribution in [1.82, 2.24) is 29.9 Å². The fourth-order valence-electron chi connectivity index (χ4n) is 5.16. The van der Waals surface area contributed by atoms with Gasteiger partial charge in [-0.15, -0.1) is 0 Å². The van der Waals surface area contributed by atoms with Gasteiger partial charge in [-0.2, -0.15) is 0 Å². The Bertz CT molecular complexity index is 1810. The Kier molecular flexibility index (Phi) is 16.3. The van der Waals surface area contributed by atoms with E-state index in [1.807, 2.05) is 18.6 Å². The highest BCUT2D eigenvalue weighted by Crippen LogP contribution is 2.30. The van der Waals surface area contributed by atoms with Crippen LogP contribution in [0.3, 0.4) is 0 Å². The first-order valence-corrected chi connectivity index (χ1v) is 19.9. The molecule has 0 bridgehead atoms. The maximum absolute atomic E-state index is 4.06. The average Bonchev–Trinajstić information content (AvgIpc) is 3.93. The Morgan fingerprint density at radius 3 is 1.33 bits per heavy atom. The molecular formula is C38H45Br4N9. The fraction of sp³-hybridized carbons (Fsp3) is 0.289. The highest BCUT2D eigenvalue weighted by atomic mass is 79.9. The number of benzene rings is 3. The first kappa shape index (κ1) is 40.4. The second kappa shape index (κ2) is 20.6. The number of nitrogens with one attached hydrogen (secondary N) is 3. The van der Waals surface area contributed by atoms with Crippen LogP contribution in [0.15, 0.2) is 122 Å². The molecule has 0 atom stereocenters. The van der Waals surface area contributed by atoms with Gasteiger partial charge < -0.3 is 29.7 Å². The standard InChI is InChI=1S/C13H15Br2N3.C13H16BrN3.C12H14BrN3/c1-9(2)18(7-10-6-16-8-17-10)11-3-4-12(14)13(15)5-11;1-10(2)17(8-12-7-15-9-16-12)13-5-3-11(14)4-6-13;1-2-16(8-11-7-14-9-15-11)12-5-3-10(13)4-6-12/h3-6,8-9H,7H2,1-2H3,(H,16,17);3-7,9-10H,8H2,1-2H3,(H,15,16);3-7,9H,2,8H2,1H3,(H,14,15). The summed E-state index contributed by atoms with van der Waals surface area (Å²) in [6.45, 7) is 14.4. The van der Waals surface area contributed by atoms with Crippen molar-refractivity contribution in [2.75, 3.05) is 21.2 Å². The number of hydrogen-bond acceptors (Lipinski definition) is 6. The third kappa shape index (κ3) is 13.0. The topological polar surface area (TPSA) is 95.8 Å². The molecule has 3 aromatic heterocycles. The van der Waals surface area contributed by atoms with Gasteiger partial charge >= 0.3 is 0 Å². The molecule has 0 saturated heterocycles. The lowest BCUT2D eigenvalue weighted by Gasteiger charge is -2.28. The van der Waals surface area contributed by atoms with E-state index in [9.17, 15) is 0 Å². The highest BCUT2D eigenvalue weighted by molar-refractivity contribution is 9.13. The summed E-state index contributed by atoms with van der Waals surface area (Å²) < 4.78 is 4.34. The minimum absolute atomic E-state index is 0.418. The molecule has 51 heavy (non-hydrogen) atoms. The molecule has 0 saturated carbocycles. The summed E-state index contributed by atoms with van der Waals surface area (Å²) in [5.74, 6) is 0. The third-order valence-corrected chi connectivity index (χ3v) is 10.9. The molecule has 0 fully saturated rings. The summed E-state index contributed by atoms with van der Waals surface area (Å²) in [6.07, 6.45) is 10.7. The Morgan fingerprint density at radius 1 is 0.529 bits per heavy atom. The zero-order valence-electron chi connectivity index (χ0n) is 29.5. The summed E-state index contributed by atoms with van der Waals surface area (Å²) in [5.41, 5.74) is 7.00. The summed E-state index contributed by atoms with van der Waals surface area (Å²) in [4.78, 5) is 28.5. The minimum atomic E-state index is 0.418. The lowest BCUT2D eigenvalue weighted by Crippen LogP contribution is -2.30. The highest BCUT2D eigenvalue weighted by Gasteiger charge is 2.14. The molecule has 3 heterocycles. The van der Waals surface area contributed by atoms with Gasteiger partial charge in [-0.3, -0.25) is 0 Å². The van der Waals surface area contributed by atoms with Gasteiger partial charge in [0.25, 0.3) is 0 Å². The van der Waals surface area contributed by atoms with Crippen molar-refractivity contribution in [1.29, 1.82) is 0 Å².